The third kappa shape index (κ3) is 7.16. The van der Waals surface area contributed by atoms with Gasteiger partial charge in [0, 0.05) is 36.4 Å². The lowest BCUT2D eigenvalue weighted by atomic mass is 9.94. The molecule has 1 heterocycles. The molecular formula is C34H36BrN3O4. The van der Waals surface area contributed by atoms with E-state index in [1.165, 1.54) is 11.3 Å². The molecule has 1 fully saturated rings. The first-order chi connectivity index (χ1) is 20.4. The first kappa shape index (κ1) is 29.7. The summed E-state index contributed by atoms with van der Waals surface area (Å²) >= 11 is 3.53. The number of carbonyl (C=O) groups is 4. The molecule has 0 saturated heterocycles. The van der Waals surface area contributed by atoms with E-state index in [4.69, 9.17) is 0 Å². The zero-order valence-electron chi connectivity index (χ0n) is 23.6. The van der Waals surface area contributed by atoms with Crippen molar-refractivity contribution in [2.24, 2.45) is 0 Å². The average Bonchev–Trinajstić information content (AvgIpc) is 3.25. The standard InChI is InChI=1S/C34H36BrN3O4/c35-26-14-9-13-25(21-26)23-38(31(39)19-10-20-37-33(41)28-17-7-8-18-29(28)34(37)42)30(22-24-11-3-1-4-12-24)32(40)36-27-15-5-2-6-16-27/h1,3-4,7-9,11-14,17-18,21,27,30H,2,5-6,10,15-16,19-20,22-23H2,(H,36,40)/t30-/m1/s1. The maximum atomic E-state index is 14.0. The largest absolute Gasteiger partial charge is 0.352 e. The molecule has 1 atom stereocenters. The molecule has 1 saturated carbocycles. The minimum absolute atomic E-state index is 0.101. The fraction of sp³-hybridized carbons (Fsp3) is 0.353. The molecule has 0 spiro atoms. The number of hydrogen-bond acceptors (Lipinski definition) is 4. The van der Waals surface area contributed by atoms with Crippen molar-refractivity contribution in [2.75, 3.05) is 6.54 Å². The quantitative estimate of drug-likeness (QED) is 0.267. The maximum Gasteiger partial charge on any atom is 0.261 e. The molecular weight excluding hydrogens is 594 g/mol. The van der Waals surface area contributed by atoms with Crippen LogP contribution in [0, 0.1) is 0 Å². The predicted octanol–water partition coefficient (Wildman–Crippen LogP) is 5.91. The van der Waals surface area contributed by atoms with Gasteiger partial charge < -0.3 is 10.2 Å². The zero-order valence-corrected chi connectivity index (χ0v) is 25.2. The van der Waals surface area contributed by atoms with Crippen LogP contribution < -0.4 is 5.32 Å². The van der Waals surface area contributed by atoms with Gasteiger partial charge in [-0.3, -0.25) is 24.1 Å². The summed E-state index contributed by atoms with van der Waals surface area (Å²) in [4.78, 5) is 56.4. The third-order valence-corrected chi connectivity index (χ3v) is 8.61. The Hall–Kier alpha value is -3.78. The van der Waals surface area contributed by atoms with E-state index in [0.717, 1.165) is 41.3 Å². The van der Waals surface area contributed by atoms with Crippen molar-refractivity contribution in [3.63, 3.8) is 0 Å². The van der Waals surface area contributed by atoms with E-state index in [1.807, 2.05) is 54.6 Å². The molecule has 0 aromatic heterocycles. The van der Waals surface area contributed by atoms with Crippen molar-refractivity contribution in [1.82, 2.24) is 15.1 Å². The Kier molecular flexibility index (Phi) is 9.85. The lowest BCUT2D eigenvalue weighted by Gasteiger charge is -2.33. The topological polar surface area (TPSA) is 86.8 Å². The van der Waals surface area contributed by atoms with Gasteiger partial charge in [0.15, 0.2) is 0 Å². The molecule has 0 bridgehead atoms. The van der Waals surface area contributed by atoms with Crippen LogP contribution in [-0.2, 0) is 22.6 Å². The van der Waals surface area contributed by atoms with Crippen molar-refractivity contribution >= 4 is 39.6 Å². The number of halogens is 1. The van der Waals surface area contributed by atoms with E-state index in [0.29, 0.717) is 24.0 Å². The highest BCUT2D eigenvalue weighted by atomic mass is 79.9. The molecule has 1 aliphatic carbocycles. The van der Waals surface area contributed by atoms with Gasteiger partial charge in [-0.05, 0) is 54.7 Å². The first-order valence-corrected chi connectivity index (χ1v) is 15.5. The Bertz CT molecular complexity index is 1400. The summed E-state index contributed by atoms with van der Waals surface area (Å²) in [5.74, 6) is -0.994. The molecule has 0 radical (unpaired) electrons. The molecule has 42 heavy (non-hydrogen) atoms. The highest BCUT2D eigenvalue weighted by Crippen LogP contribution is 2.24. The van der Waals surface area contributed by atoms with Crippen LogP contribution in [0.3, 0.4) is 0 Å². The van der Waals surface area contributed by atoms with Gasteiger partial charge >= 0.3 is 0 Å². The van der Waals surface area contributed by atoms with Gasteiger partial charge in [-0.2, -0.15) is 0 Å². The molecule has 218 valence electrons. The molecule has 1 aliphatic heterocycles. The molecule has 3 aromatic rings. The molecule has 2 aliphatic rings. The summed E-state index contributed by atoms with van der Waals surface area (Å²) in [5, 5.41) is 3.25. The highest BCUT2D eigenvalue weighted by molar-refractivity contribution is 9.10. The zero-order chi connectivity index (χ0) is 29.5. The van der Waals surface area contributed by atoms with Crippen LogP contribution in [0.5, 0.6) is 0 Å². The van der Waals surface area contributed by atoms with Gasteiger partial charge in [0.05, 0.1) is 11.1 Å². The van der Waals surface area contributed by atoms with E-state index < -0.39 is 6.04 Å². The fourth-order valence-corrected chi connectivity index (χ4v) is 6.35. The number of hydrogen-bond donors (Lipinski definition) is 1. The summed E-state index contributed by atoms with van der Waals surface area (Å²) in [5.41, 5.74) is 2.67. The van der Waals surface area contributed by atoms with E-state index in [9.17, 15) is 19.2 Å². The highest BCUT2D eigenvalue weighted by Gasteiger charge is 2.36. The Balaban J connectivity index is 1.35. The van der Waals surface area contributed by atoms with Gasteiger partial charge in [0.25, 0.3) is 11.8 Å². The summed E-state index contributed by atoms with van der Waals surface area (Å²) in [7, 11) is 0. The molecule has 0 unspecified atom stereocenters. The van der Waals surface area contributed by atoms with Crippen molar-refractivity contribution in [2.45, 2.75) is 70.0 Å². The number of fused-ring (bicyclic) bond motifs is 1. The minimum Gasteiger partial charge on any atom is -0.352 e. The number of amides is 4. The Labute approximate surface area is 255 Å². The van der Waals surface area contributed by atoms with E-state index in [-0.39, 0.29) is 49.2 Å². The van der Waals surface area contributed by atoms with E-state index in [1.54, 1.807) is 29.2 Å². The number of rotatable bonds is 11. The molecule has 3 aromatic carbocycles. The predicted molar refractivity (Wildman–Crippen MR) is 165 cm³/mol. The van der Waals surface area contributed by atoms with Crippen molar-refractivity contribution < 1.29 is 19.2 Å². The number of nitrogens with zero attached hydrogens (tertiary/aromatic N) is 2. The van der Waals surface area contributed by atoms with Crippen molar-refractivity contribution in [3.8, 4) is 0 Å². The Morgan fingerprint density at radius 3 is 2.17 bits per heavy atom. The van der Waals surface area contributed by atoms with Gasteiger partial charge in [-0.15, -0.1) is 0 Å². The smallest absolute Gasteiger partial charge is 0.261 e. The van der Waals surface area contributed by atoms with Gasteiger partial charge in [0.2, 0.25) is 11.8 Å². The van der Waals surface area contributed by atoms with Gasteiger partial charge in [-0.25, -0.2) is 0 Å². The second-order valence-electron chi connectivity index (χ2n) is 11.1. The van der Waals surface area contributed by atoms with Crippen LogP contribution in [0.4, 0.5) is 0 Å². The van der Waals surface area contributed by atoms with Crippen molar-refractivity contribution in [1.29, 1.82) is 0 Å². The number of imide groups is 1. The normalized spacial score (nSPS) is 15.8. The lowest BCUT2D eigenvalue weighted by molar-refractivity contribution is -0.141. The van der Waals surface area contributed by atoms with Gasteiger partial charge in [0.1, 0.15) is 6.04 Å². The summed E-state index contributed by atoms with van der Waals surface area (Å²) in [6.07, 6.45) is 6.05. The average molecular weight is 631 g/mol. The Morgan fingerprint density at radius 1 is 0.857 bits per heavy atom. The molecule has 7 nitrogen and oxygen atoms in total. The number of benzene rings is 3. The van der Waals surface area contributed by atoms with Crippen molar-refractivity contribution in [3.05, 3.63) is 106 Å². The Morgan fingerprint density at radius 2 is 1.50 bits per heavy atom. The van der Waals surface area contributed by atoms with Crippen LogP contribution in [0.1, 0.15) is 76.8 Å². The second-order valence-corrected chi connectivity index (χ2v) is 12.0. The number of nitrogens with one attached hydrogen (secondary N) is 1. The third-order valence-electron chi connectivity index (χ3n) is 8.12. The van der Waals surface area contributed by atoms with Gasteiger partial charge in [-0.1, -0.05) is 89.8 Å². The lowest BCUT2D eigenvalue weighted by Crippen LogP contribution is -2.52. The van der Waals surface area contributed by atoms with Crippen LogP contribution in [0.15, 0.2) is 83.3 Å². The monoisotopic (exact) mass is 629 g/mol. The maximum absolute atomic E-state index is 14.0. The molecule has 4 amide bonds. The van der Waals surface area contributed by atoms with Crippen LogP contribution in [0.2, 0.25) is 0 Å². The van der Waals surface area contributed by atoms with E-state index in [2.05, 4.69) is 21.2 Å². The summed E-state index contributed by atoms with van der Waals surface area (Å²) in [6.45, 7) is 0.404. The second kappa shape index (κ2) is 13.9. The van der Waals surface area contributed by atoms with Crippen LogP contribution >= 0.6 is 15.9 Å². The summed E-state index contributed by atoms with van der Waals surface area (Å²) < 4.78 is 0.893. The summed E-state index contributed by atoms with van der Waals surface area (Å²) in [6, 6.07) is 23.7. The van der Waals surface area contributed by atoms with E-state index >= 15 is 0 Å². The molecule has 5 rings (SSSR count). The van der Waals surface area contributed by atoms with Crippen LogP contribution in [0.25, 0.3) is 0 Å². The first-order valence-electron chi connectivity index (χ1n) is 14.7. The molecule has 1 N–H and O–H groups in total. The molecule has 8 heteroatoms. The fourth-order valence-electron chi connectivity index (χ4n) is 5.90. The minimum atomic E-state index is -0.708. The van der Waals surface area contributed by atoms with Crippen LogP contribution in [-0.4, -0.2) is 52.1 Å². The SMILES string of the molecule is O=C(NC1CCCCC1)[C@@H](Cc1ccccc1)N(Cc1cccc(Br)c1)C(=O)CCCN1C(=O)c2ccccc2C1=O. The number of carbonyl (C=O) groups excluding carboxylic acids is 4.